The number of rotatable bonds is 8. The van der Waals surface area contributed by atoms with Crippen molar-refractivity contribution in [2.75, 3.05) is 17.7 Å². The van der Waals surface area contributed by atoms with Crippen molar-refractivity contribution in [2.45, 2.75) is 20.0 Å². The zero-order chi connectivity index (χ0) is 20.1. The summed E-state index contributed by atoms with van der Waals surface area (Å²) in [7, 11) is -3.65. The van der Waals surface area contributed by atoms with Crippen LogP contribution in [0.4, 0.5) is 5.13 Å². The molecule has 2 heterocycles. The third kappa shape index (κ3) is 5.40. The lowest BCUT2D eigenvalue weighted by Gasteiger charge is -2.22. The summed E-state index contributed by atoms with van der Waals surface area (Å²) in [5, 5.41) is 4.88. The van der Waals surface area contributed by atoms with Crippen molar-refractivity contribution in [2.24, 2.45) is 0 Å². The third-order valence-corrected chi connectivity index (χ3v) is 5.51. The molecule has 0 radical (unpaired) electrons. The molecule has 0 atom stereocenters. The molecule has 10 heteroatoms. The van der Waals surface area contributed by atoms with Gasteiger partial charge in [0.25, 0.3) is 5.91 Å². The molecule has 0 unspecified atom stereocenters. The molecule has 0 saturated heterocycles. The summed E-state index contributed by atoms with van der Waals surface area (Å²) in [6.07, 6.45) is 4.56. The highest BCUT2D eigenvalue weighted by atomic mass is 32.2. The molecule has 8 nitrogen and oxygen atoms in total. The molecule has 0 saturated carbocycles. The quantitative estimate of drug-likeness (QED) is 0.600. The molecule has 3 aromatic rings. The fourth-order valence-electron chi connectivity index (χ4n) is 2.65. The topological polar surface area (TPSA) is 97.2 Å². The van der Waals surface area contributed by atoms with Crippen LogP contribution < -0.4 is 9.62 Å². The number of nitrogens with zero attached hydrogens (tertiary/aromatic N) is 4. The number of benzene rings is 1. The van der Waals surface area contributed by atoms with Crippen molar-refractivity contribution in [3.8, 4) is 0 Å². The average molecular weight is 420 g/mol. The van der Waals surface area contributed by atoms with Crippen molar-refractivity contribution in [1.29, 1.82) is 0 Å². The van der Waals surface area contributed by atoms with E-state index in [1.54, 1.807) is 13.1 Å². The Kier molecular flexibility index (Phi) is 6.10. The van der Waals surface area contributed by atoms with Gasteiger partial charge in [-0.15, -0.1) is 11.3 Å². The Morgan fingerprint density at radius 3 is 2.64 bits per heavy atom. The Bertz CT molecular complexity index is 1030. The van der Waals surface area contributed by atoms with Crippen molar-refractivity contribution in [3.05, 3.63) is 64.9 Å². The van der Waals surface area contributed by atoms with Crippen molar-refractivity contribution in [1.82, 2.24) is 19.5 Å². The second-order valence-electron chi connectivity index (χ2n) is 6.28. The van der Waals surface area contributed by atoms with Gasteiger partial charge in [-0.1, -0.05) is 30.3 Å². The number of aryl methyl sites for hydroxylation is 1. The summed E-state index contributed by atoms with van der Waals surface area (Å²) in [4.78, 5) is 19.4. The second-order valence-corrected chi connectivity index (χ2v) is 9.21. The lowest BCUT2D eigenvalue weighted by molar-refractivity contribution is 0.0977. The standard InChI is InChI=1S/C18H21N5O3S2/c1-14-16(17(24)21-28(2,25)26)20-18(27-14)22(11-12-23-10-6-9-19-23)13-15-7-4-3-5-8-15/h3-10H,11-13H2,1-2H3,(H,21,24). The maximum absolute atomic E-state index is 12.2. The zero-order valence-electron chi connectivity index (χ0n) is 15.6. The van der Waals surface area contributed by atoms with Gasteiger partial charge in [-0.05, 0) is 18.6 Å². The van der Waals surface area contributed by atoms with Crippen LogP contribution in [0.15, 0.2) is 48.8 Å². The average Bonchev–Trinajstić information content (AvgIpc) is 3.27. The number of thiazole rings is 1. The summed E-state index contributed by atoms with van der Waals surface area (Å²) in [5.74, 6) is -0.714. The number of amides is 1. The van der Waals surface area contributed by atoms with Gasteiger partial charge in [0.05, 0.1) is 12.8 Å². The number of carbonyl (C=O) groups excluding carboxylic acids is 1. The van der Waals surface area contributed by atoms with E-state index >= 15 is 0 Å². The number of anilines is 1. The maximum atomic E-state index is 12.2. The number of sulfonamides is 1. The predicted octanol–water partition coefficient (Wildman–Crippen LogP) is 2.04. The van der Waals surface area contributed by atoms with Gasteiger partial charge in [0.2, 0.25) is 10.0 Å². The van der Waals surface area contributed by atoms with Gasteiger partial charge >= 0.3 is 0 Å². The summed E-state index contributed by atoms with van der Waals surface area (Å²) in [6, 6.07) is 11.8. The van der Waals surface area contributed by atoms with E-state index < -0.39 is 15.9 Å². The molecule has 1 aromatic carbocycles. The maximum Gasteiger partial charge on any atom is 0.284 e. The van der Waals surface area contributed by atoms with Crippen LogP contribution in [0.3, 0.4) is 0 Å². The first-order valence-electron chi connectivity index (χ1n) is 8.57. The van der Waals surface area contributed by atoms with E-state index in [-0.39, 0.29) is 5.69 Å². The van der Waals surface area contributed by atoms with E-state index in [1.165, 1.54) is 11.3 Å². The fraction of sp³-hybridized carbons (Fsp3) is 0.278. The molecule has 0 bridgehead atoms. The first-order chi connectivity index (χ1) is 13.3. The Morgan fingerprint density at radius 1 is 1.25 bits per heavy atom. The Labute approximate surface area is 167 Å². The molecule has 0 aliphatic rings. The van der Waals surface area contributed by atoms with Crippen molar-refractivity contribution < 1.29 is 13.2 Å². The highest BCUT2D eigenvalue weighted by molar-refractivity contribution is 7.89. The molecular weight excluding hydrogens is 398 g/mol. The van der Waals surface area contributed by atoms with Gasteiger partial charge in [0, 0.05) is 30.4 Å². The largest absolute Gasteiger partial charge is 0.342 e. The third-order valence-electron chi connectivity index (χ3n) is 3.92. The summed E-state index contributed by atoms with van der Waals surface area (Å²) in [5.41, 5.74) is 1.24. The highest BCUT2D eigenvalue weighted by Gasteiger charge is 2.21. The van der Waals surface area contributed by atoms with E-state index in [9.17, 15) is 13.2 Å². The fourth-order valence-corrected chi connectivity index (χ4v) is 4.01. The number of hydrogen-bond donors (Lipinski definition) is 1. The Hall–Kier alpha value is -2.72. The molecule has 0 aliphatic carbocycles. The number of nitrogens with one attached hydrogen (secondary N) is 1. The van der Waals surface area contributed by atoms with E-state index in [0.717, 1.165) is 11.8 Å². The monoisotopic (exact) mass is 419 g/mol. The van der Waals surface area contributed by atoms with Crippen LogP contribution in [0, 0.1) is 6.92 Å². The molecule has 1 amide bonds. The van der Waals surface area contributed by atoms with Gasteiger partial charge < -0.3 is 4.90 Å². The summed E-state index contributed by atoms with van der Waals surface area (Å²) in [6.45, 7) is 3.66. The first kappa shape index (κ1) is 20.0. The van der Waals surface area contributed by atoms with Gasteiger partial charge in [-0.25, -0.2) is 18.1 Å². The van der Waals surface area contributed by atoms with Crippen LogP contribution in [-0.4, -0.2) is 41.9 Å². The van der Waals surface area contributed by atoms with Crippen molar-refractivity contribution in [3.63, 3.8) is 0 Å². The minimum absolute atomic E-state index is 0.127. The van der Waals surface area contributed by atoms with E-state index in [0.29, 0.717) is 29.6 Å². The van der Waals surface area contributed by atoms with E-state index in [2.05, 4.69) is 15.0 Å². The predicted molar refractivity (Wildman–Crippen MR) is 109 cm³/mol. The zero-order valence-corrected chi connectivity index (χ0v) is 17.2. The Morgan fingerprint density at radius 2 is 2.00 bits per heavy atom. The molecule has 0 spiro atoms. The highest BCUT2D eigenvalue weighted by Crippen LogP contribution is 2.27. The number of hydrogen-bond acceptors (Lipinski definition) is 7. The molecule has 28 heavy (non-hydrogen) atoms. The van der Waals surface area contributed by atoms with Crippen LogP contribution in [0.2, 0.25) is 0 Å². The normalized spacial score (nSPS) is 11.4. The minimum Gasteiger partial charge on any atom is -0.342 e. The first-order valence-corrected chi connectivity index (χ1v) is 11.3. The number of carbonyl (C=O) groups is 1. The van der Waals surface area contributed by atoms with E-state index in [1.807, 2.05) is 52.0 Å². The lowest BCUT2D eigenvalue weighted by atomic mass is 10.2. The van der Waals surface area contributed by atoms with E-state index in [4.69, 9.17) is 0 Å². The molecule has 0 fully saturated rings. The van der Waals surface area contributed by atoms with Crippen LogP contribution in [0.1, 0.15) is 20.9 Å². The molecule has 1 N–H and O–H groups in total. The van der Waals surface area contributed by atoms with Gasteiger partial charge in [-0.3, -0.25) is 9.48 Å². The SMILES string of the molecule is Cc1sc(N(CCn2cccn2)Cc2ccccc2)nc1C(=O)NS(C)(=O)=O. The number of aromatic nitrogens is 3. The molecule has 0 aliphatic heterocycles. The molecule has 2 aromatic heterocycles. The minimum atomic E-state index is -3.65. The second kappa shape index (κ2) is 8.53. The van der Waals surface area contributed by atoms with Crippen LogP contribution in [0.5, 0.6) is 0 Å². The van der Waals surface area contributed by atoms with Crippen molar-refractivity contribution >= 4 is 32.4 Å². The van der Waals surface area contributed by atoms with Crippen LogP contribution >= 0.6 is 11.3 Å². The molecule has 148 valence electrons. The Balaban J connectivity index is 1.84. The summed E-state index contributed by atoms with van der Waals surface area (Å²) >= 11 is 1.36. The van der Waals surface area contributed by atoms with Gasteiger partial charge in [0.15, 0.2) is 5.13 Å². The van der Waals surface area contributed by atoms with Crippen LogP contribution in [0.25, 0.3) is 0 Å². The van der Waals surface area contributed by atoms with Crippen LogP contribution in [-0.2, 0) is 23.1 Å². The smallest absolute Gasteiger partial charge is 0.284 e. The molecular formula is C18H21N5O3S2. The lowest BCUT2D eigenvalue weighted by Crippen LogP contribution is -2.30. The van der Waals surface area contributed by atoms with Gasteiger partial charge in [-0.2, -0.15) is 5.10 Å². The summed E-state index contributed by atoms with van der Waals surface area (Å²) < 4.78 is 26.5. The van der Waals surface area contributed by atoms with Gasteiger partial charge in [0.1, 0.15) is 5.69 Å². The molecule has 3 rings (SSSR count).